The van der Waals surface area contributed by atoms with Gasteiger partial charge in [0.05, 0.1) is 37.4 Å². The van der Waals surface area contributed by atoms with Crippen LogP contribution in [0.3, 0.4) is 0 Å². The topological polar surface area (TPSA) is 98.1 Å². The molecule has 1 amide bonds. The molecule has 3 aromatic rings. The van der Waals surface area contributed by atoms with Crippen molar-refractivity contribution in [3.63, 3.8) is 0 Å². The van der Waals surface area contributed by atoms with E-state index in [1.165, 1.54) is 0 Å². The molecule has 1 saturated heterocycles. The number of hydrogen-bond donors (Lipinski definition) is 2. The van der Waals surface area contributed by atoms with Crippen LogP contribution in [0.15, 0.2) is 60.9 Å². The number of methoxy groups -OCH3 is 1. The molecule has 1 aliphatic heterocycles. The molecule has 0 spiro atoms. The number of ether oxygens (including phenoxy) is 3. The Morgan fingerprint density at radius 2 is 1.88 bits per heavy atom. The Morgan fingerprint density at radius 3 is 2.64 bits per heavy atom. The van der Waals surface area contributed by atoms with E-state index in [0.717, 1.165) is 36.3 Å². The lowest BCUT2D eigenvalue weighted by atomic mass is 9.80. The second-order valence-corrected chi connectivity index (χ2v) is 11.6. The summed E-state index contributed by atoms with van der Waals surface area (Å²) in [5, 5.41) is 15.1. The summed E-state index contributed by atoms with van der Waals surface area (Å²) in [5.74, 6) is 1.32. The number of hydrogen-bond acceptors (Lipinski definition) is 7. The first kappa shape index (κ1) is 30.1. The molecular weight excluding hydrogens is 532 g/mol. The minimum atomic E-state index is -1.03. The van der Waals surface area contributed by atoms with Gasteiger partial charge in [-0.05, 0) is 38.8 Å². The monoisotopic (exact) mass is 576 g/mol. The van der Waals surface area contributed by atoms with Crippen LogP contribution in [0.2, 0.25) is 0 Å². The van der Waals surface area contributed by atoms with Crippen LogP contribution in [0, 0.1) is 0 Å². The highest BCUT2D eigenvalue weighted by molar-refractivity contribution is 5.98. The van der Waals surface area contributed by atoms with Gasteiger partial charge >= 0.3 is 0 Å². The molecule has 2 aromatic carbocycles. The van der Waals surface area contributed by atoms with Gasteiger partial charge in [0.1, 0.15) is 5.60 Å². The van der Waals surface area contributed by atoms with E-state index in [-0.39, 0.29) is 30.7 Å². The summed E-state index contributed by atoms with van der Waals surface area (Å²) in [6.07, 6.45) is 5.81. The second-order valence-electron chi connectivity index (χ2n) is 11.6. The third-order valence-corrected chi connectivity index (χ3v) is 8.26. The van der Waals surface area contributed by atoms with Gasteiger partial charge in [-0.15, -0.1) is 0 Å². The highest BCUT2D eigenvalue weighted by atomic mass is 16.5. The summed E-state index contributed by atoms with van der Waals surface area (Å²) in [6, 6.07) is 17.3. The SMILES string of the molecule is COC[C@]1(O)CCCC[C@H]1n1cnc(C(=O)N2CCNC[C@H]2CCOc2ccccc2OC(C)C)c1-c1ccccc1. The molecule has 0 radical (unpaired) electrons. The van der Waals surface area contributed by atoms with E-state index in [9.17, 15) is 9.90 Å². The van der Waals surface area contributed by atoms with Gasteiger partial charge in [-0.3, -0.25) is 4.79 Å². The number of nitrogens with one attached hydrogen (secondary N) is 1. The van der Waals surface area contributed by atoms with E-state index in [1.807, 2.05) is 77.9 Å². The molecule has 42 heavy (non-hydrogen) atoms. The summed E-state index contributed by atoms with van der Waals surface area (Å²) < 4.78 is 19.5. The molecule has 9 heteroatoms. The van der Waals surface area contributed by atoms with Crippen LogP contribution in [-0.2, 0) is 4.74 Å². The number of aliphatic hydroxyl groups is 1. The Bertz CT molecular complexity index is 1310. The lowest BCUT2D eigenvalue weighted by molar-refractivity contribution is -0.0893. The predicted octanol–water partition coefficient (Wildman–Crippen LogP) is 4.71. The minimum Gasteiger partial charge on any atom is -0.490 e. The van der Waals surface area contributed by atoms with Gasteiger partial charge in [0.15, 0.2) is 17.2 Å². The summed E-state index contributed by atoms with van der Waals surface area (Å²) in [5.41, 5.74) is 1.04. The van der Waals surface area contributed by atoms with Gasteiger partial charge in [-0.25, -0.2) is 4.98 Å². The minimum absolute atomic E-state index is 0.0446. The van der Waals surface area contributed by atoms with Crippen molar-refractivity contribution in [2.75, 3.05) is 40.0 Å². The van der Waals surface area contributed by atoms with Gasteiger partial charge in [-0.2, -0.15) is 0 Å². The number of aromatic nitrogens is 2. The van der Waals surface area contributed by atoms with Gasteiger partial charge < -0.3 is 34.1 Å². The molecule has 1 aliphatic carbocycles. The van der Waals surface area contributed by atoms with Crippen molar-refractivity contribution in [2.24, 2.45) is 0 Å². The van der Waals surface area contributed by atoms with Crippen LogP contribution < -0.4 is 14.8 Å². The van der Waals surface area contributed by atoms with Crippen molar-refractivity contribution in [1.82, 2.24) is 19.8 Å². The van der Waals surface area contributed by atoms with Crippen molar-refractivity contribution in [2.45, 2.75) is 69.7 Å². The summed E-state index contributed by atoms with van der Waals surface area (Å²) >= 11 is 0. The lowest BCUT2D eigenvalue weighted by Gasteiger charge is -2.41. The quantitative estimate of drug-likeness (QED) is 0.341. The summed E-state index contributed by atoms with van der Waals surface area (Å²) in [6.45, 7) is 6.63. The first-order valence-corrected chi connectivity index (χ1v) is 15.1. The van der Waals surface area contributed by atoms with Gasteiger partial charge in [0.25, 0.3) is 5.91 Å². The zero-order chi connectivity index (χ0) is 29.5. The average Bonchev–Trinajstić information content (AvgIpc) is 3.43. The highest BCUT2D eigenvalue weighted by Gasteiger charge is 2.42. The largest absolute Gasteiger partial charge is 0.490 e. The number of nitrogens with zero attached hydrogens (tertiary/aromatic N) is 3. The first-order valence-electron chi connectivity index (χ1n) is 15.1. The Balaban J connectivity index is 1.39. The van der Waals surface area contributed by atoms with E-state index >= 15 is 0 Å². The van der Waals surface area contributed by atoms with E-state index < -0.39 is 5.60 Å². The van der Waals surface area contributed by atoms with Crippen molar-refractivity contribution in [3.05, 3.63) is 66.6 Å². The number of carbonyl (C=O) groups excluding carboxylic acids is 1. The van der Waals surface area contributed by atoms with Crippen molar-refractivity contribution in [3.8, 4) is 22.8 Å². The Hall–Kier alpha value is -3.40. The molecule has 3 atom stereocenters. The maximum atomic E-state index is 14.3. The number of imidazole rings is 1. The van der Waals surface area contributed by atoms with Crippen molar-refractivity contribution < 1.29 is 24.1 Å². The summed E-state index contributed by atoms with van der Waals surface area (Å²) in [7, 11) is 1.62. The maximum Gasteiger partial charge on any atom is 0.275 e. The fourth-order valence-electron chi connectivity index (χ4n) is 6.30. The molecule has 0 bridgehead atoms. The molecule has 9 nitrogen and oxygen atoms in total. The Kier molecular flexibility index (Phi) is 9.82. The Labute approximate surface area is 248 Å². The summed E-state index contributed by atoms with van der Waals surface area (Å²) in [4.78, 5) is 20.9. The lowest BCUT2D eigenvalue weighted by Crippen LogP contribution is -2.54. The maximum absolute atomic E-state index is 14.3. The number of piperazine rings is 1. The van der Waals surface area contributed by atoms with Crippen LogP contribution in [0.1, 0.15) is 62.5 Å². The molecule has 226 valence electrons. The number of carbonyl (C=O) groups is 1. The molecule has 1 saturated carbocycles. The molecular formula is C33H44N4O5. The van der Waals surface area contributed by atoms with E-state index in [4.69, 9.17) is 19.2 Å². The standard InChI is InChI=1S/C33H44N4O5/c1-24(2)42-28-14-8-7-13-27(28)41-20-16-26-21-34-18-19-36(26)32(38)30-31(25-11-5-4-6-12-25)37(23-35-30)29-15-9-10-17-33(29,39)22-40-3/h4-8,11-14,23-24,26,29,34,39H,9-10,15-22H2,1-3H3/t26-,29-,33-/m1/s1. The molecule has 2 heterocycles. The number of rotatable bonds is 11. The average molecular weight is 577 g/mol. The predicted molar refractivity (Wildman–Crippen MR) is 162 cm³/mol. The molecule has 1 aromatic heterocycles. The number of amides is 1. The highest BCUT2D eigenvalue weighted by Crippen LogP contribution is 2.41. The van der Waals surface area contributed by atoms with Crippen LogP contribution >= 0.6 is 0 Å². The van der Waals surface area contributed by atoms with Gasteiger partial charge in [0.2, 0.25) is 0 Å². The van der Waals surface area contributed by atoms with E-state index in [2.05, 4.69) is 5.32 Å². The molecule has 5 rings (SSSR count). The van der Waals surface area contributed by atoms with Gasteiger partial charge in [-0.1, -0.05) is 55.3 Å². The third kappa shape index (κ3) is 6.64. The fourth-order valence-corrected chi connectivity index (χ4v) is 6.30. The third-order valence-electron chi connectivity index (χ3n) is 8.26. The van der Waals surface area contributed by atoms with Crippen LogP contribution in [0.25, 0.3) is 11.3 Å². The first-order chi connectivity index (χ1) is 20.4. The second kappa shape index (κ2) is 13.7. The van der Waals surface area contributed by atoms with E-state index in [0.29, 0.717) is 50.5 Å². The van der Waals surface area contributed by atoms with Crippen molar-refractivity contribution >= 4 is 5.91 Å². The smallest absolute Gasteiger partial charge is 0.275 e. The molecule has 0 unspecified atom stereocenters. The normalized spacial score (nSPS) is 22.7. The van der Waals surface area contributed by atoms with Crippen molar-refractivity contribution in [1.29, 1.82) is 0 Å². The van der Waals surface area contributed by atoms with E-state index in [1.54, 1.807) is 13.4 Å². The van der Waals surface area contributed by atoms with Crippen LogP contribution in [-0.4, -0.2) is 83.2 Å². The zero-order valence-electron chi connectivity index (χ0n) is 25.0. The molecule has 2 aliphatic rings. The molecule has 2 fully saturated rings. The van der Waals surface area contributed by atoms with Gasteiger partial charge in [0, 0.05) is 44.8 Å². The number of benzene rings is 2. The van der Waals surface area contributed by atoms with Crippen LogP contribution in [0.4, 0.5) is 0 Å². The van der Waals surface area contributed by atoms with Crippen LogP contribution in [0.5, 0.6) is 11.5 Å². The number of para-hydroxylation sites is 2. The fraction of sp³-hybridized carbons (Fsp3) is 0.515. The Morgan fingerprint density at radius 1 is 1.12 bits per heavy atom. The molecule has 2 N–H and O–H groups in total. The zero-order valence-corrected chi connectivity index (χ0v) is 25.0.